The minimum Gasteiger partial charge on any atom is -0.346 e. The van der Waals surface area contributed by atoms with Crippen molar-refractivity contribution in [1.29, 1.82) is 0 Å². The van der Waals surface area contributed by atoms with Crippen molar-refractivity contribution in [2.45, 2.75) is 26.3 Å². The first-order chi connectivity index (χ1) is 16.6. The maximum absolute atomic E-state index is 4.92. The molecular weight excluding hydrogens is 424 g/mol. The van der Waals surface area contributed by atoms with Gasteiger partial charge in [-0.05, 0) is 43.2 Å². The summed E-state index contributed by atoms with van der Waals surface area (Å²) in [6, 6.07) is 14.8. The molecule has 3 N–H and O–H groups in total. The lowest BCUT2D eigenvalue weighted by molar-refractivity contribution is 0.601. The van der Waals surface area contributed by atoms with Gasteiger partial charge in [0.05, 0.1) is 5.69 Å². The van der Waals surface area contributed by atoms with E-state index >= 15 is 0 Å². The largest absolute Gasteiger partial charge is 0.346 e. The number of aromatic amines is 1. The third kappa shape index (κ3) is 4.40. The van der Waals surface area contributed by atoms with Crippen molar-refractivity contribution < 1.29 is 0 Å². The molecule has 0 saturated heterocycles. The standard InChI is InChI=1S/C26H28N8/c1-4-27-24-16-22(30-26(34(24)3)31-23-10-5-7-17(2)32-33-23)19-9-6-8-18(15-19)20-11-13-28-25-21(20)12-14-29-25/h5-9,11-17,32H,4,10H2,1-3H3,(H,28,29)(H,30,31,33). The summed E-state index contributed by atoms with van der Waals surface area (Å²) in [7, 11) is 1.95. The molecule has 1 aliphatic rings. The number of fused-ring (bicyclic) bond motifs is 1. The van der Waals surface area contributed by atoms with Crippen LogP contribution in [0.25, 0.3) is 33.4 Å². The predicted octanol–water partition coefficient (Wildman–Crippen LogP) is 4.02. The van der Waals surface area contributed by atoms with Crippen molar-refractivity contribution in [1.82, 2.24) is 30.4 Å². The number of hydrogen-bond acceptors (Lipinski definition) is 5. The molecule has 0 saturated carbocycles. The predicted molar refractivity (Wildman–Crippen MR) is 136 cm³/mol. The molecule has 0 spiro atoms. The number of rotatable bonds is 4. The summed E-state index contributed by atoms with van der Waals surface area (Å²) >= 11 is 0. The third-order valence-corrected chi connectivity index (χ3v) is 5.79. The molecule has 0 aliphatic carbocycles. The van der Waals surface area contributed by atoms with E-state index < -0.39 is 0 Å². The number of nitrogens with one attached hydrogen (secondary N) is 3. The molecule has 1 aromatic carbocycles. The van der Waals surface area contributed by atoms with Crippen molar-refractivity contribution in [2.24, 2.45) is 17.0 Å². The Labute approximate surface area is 198 Å². The van der Waals surface area contributed by atoms with E-state index in [1.165, 1.54) is 0 Å². The Morgan fingerprint density at radius 3 is 2.91 bits per heavy atom. The fourth-order valence-corrected chi connectivity index (χ4v) is 4.03. The highest BCUT2D eigenvalue weighted by atomic mass is 15.4. The summed E-state index contributed by atoms with van der Waals surface area (Å²) in [5, 5.41) is 1.09. The molecule has 1 aliphatic heterocycles. The van der Waals surface area contributed by atoms with Crippen LogP contribution in [-0.4, -0.2) is 37.9 Å². The summed E-state index contributed by atoms with van der Waals surface area (Å²) < 4.78 is 1.93. The van der Waals surface area contributed by atoms with Crippen LogP contribution in [0.5, 0.6) is 0 Å². The summed E-state index contributed by atoms with van der Waals surface area (Å²) in [4.78, 5) is 22.0. The van der Waals surface area contributed by atoms with Crippen molar-refractivity contribution in [3.63, 3.8) is 0 Å². The summed E-state index contributed by atoms with van der Waals surface area (Å²) in [5.41, 5.74) is 12.2. The number of benzene rings is 1. The first-order valence-electron chi connectivity index (χ1n) is 11.5. The van der Waals surface area contributed by atoms with Gasteiger partial charge in [0.1, 0.15) is 17.0 Å². The Balaban J connectivity index is 1.61. The topological polar surface area (TPSA) is 95.3 Å². The van der Waals surface area contributed by atoms with Gasteiger partial charge in [0.25, 0.3) is 0 Å². The van der Waals surface area contributed by atoms with Crippen LogP contribution in [0.1, 0.15) is 20.3 Å². The van der Waals surface area contributed by atoms with Gasteiger partial charge in [0, 0.05) is 55.5 Å². The Morgan fingerprint density at radius 2 is 2.03 bits per heavy atom. The number of aromatic nitrogens is 4. The number of hydrazine groups is 1. The molecule has 4 aromatic rings. The van der Waals surface area contributed by atoms with Gasteiger partial charge in [0.15, 0.2) is 0 Å². The number of hydrogen-bond donors (Lipinski definition) is 3. The van der Waals surface area contributed by atoms with E-state index in [0.717, 1.165) is 44.7 Å². The third-order valence-electron chi connectivity index (χ3n) is 5.79. The smallest absolute Gasteiger partial charge is 0.233 e. The van der Waals surface area contributed by atoms with Gasteiger partial charge in [-0.3, -0.25) is 9.56 Å². The van der Waals surface area contributed by atoms with Crippen molar-refractivity contribution >= 4 is 22.8 Å². The zero-order chi connectivity index (χ0) is 23.5. The Bertz CT molecular complexity index is 1460. The van der Waals surface area contributed by atoms with Crippen LogP contribution in [0.3, 0.4) is 0 Å². The summed E-state index contributed by atoms with van der Waals surface area (Å²) in [6.45, 7) is 4.79. The summed E-state index contributed by atoms with van der Waals surface area (Å²) in [5.74, 6) is 1.41. The fraction of sp³-hybridized carbons (Fsp3) is 0.231. The van der Waals surface area contributed by atoms with Gasteiger partial charge in [0.2, 0.25) is 5.95 Å². The van der Waals surface area contributed by atoms with Gasteiger partial charge in [-0.1, -0.05) is 30.4 Å². The number of nitrogens with zero attached hydrogens (tertiary/aromatic N) is 5. The van der Waals surface area contributed by atoms with Crippen LogP contribution in [0.15, 0.2) is 77.0 Å². The van der Waals surface area contributed by atoms with E-state index in [9.17, 15) is 0 Å². The highest BCUT2D eigenvalue weighted by Gasteiger charge is 2.12. The number of pyridine rings is 1. The molecule has 0 bridgehead atoms. The molecule has 34 heavy (non-hydrogen) atoms. The van der Waals surface area contributed by atoms with Crippen molar-refractivity contribution in [2.75, 3.05) is 6.54 Å². The zero-order valence-corrected chi connectivity index (χ0v) is 19.6. The maximum atomic E-state index is 4.92. The highest BCUT2D eigenvalue weighted by Crippen LogP contribution is 2.30. The fourth-order valence-electron chi connectivity index (χ4n) is 4.03. The molecule has 1 unspecified atom stereocenters. The van der Waals surface area contributed by atoms with Gasteiger partial charge in [-0.2, -0.15) is 4.99 Å². The molecule has 1 atom stereocenters. The van der Waals surface area contributed by atoms with E-state index in [2.05, 4.69) is 75.2 Å². The van der Waals surface area contributed by atoms with E-state index in [-0.39, 0.29) is 6.04 Å². The van der Waals surface area contributed by atoms with Crippen LogP contribution < -0.4 is 16.3 Å². The monoisotopic (exact) mass is 452 g/mol. The summed E-state index contributed by atoms with van der Waals surface area (Å²) in [6.07, 6.45) is 8.67. The van der Waals surface area contributed by atoms with Gasteiger partial charge >= 0.3 is 0 Å². The Morgan fingerprint density at radius 1 is 1.15 bits per heavy atom. The number of amidine groups is 1. The minimum atomic E-state index is 0.230. The van der Waals surface area contributed by atoms with E-state index in [0.29, 0.717) is 18.9 Å². The molecule has 172 valence electrons. The SMILES string of the molecule is CCN=c1cc(-c2cccc(-c3ccnc4[nH]ccc34)c2)nc(/N=C2\CC=CC(C)NN2)n1C. The molecule has 8 nitrogen and oxygen atoms in total. The molecule has 5 rings (SSSR count). The maximum Gasteiger partial charge on any atom is 0.233 e. The first-order valence-corrected chi connectivity index (χ1v) is 11.5. The van der Waals surface area contributed by atoms with Crippen molar-refractivity contribution in [3.05, 3.63) is 72.5 Å². The lowest BCUT2D eigenvalue weighted by Crippen LogP contribution is -2.40. The molecule has 0 amide bonds. The average molecular weight is 453 g/mol. The van der Waals surface area contributed by atoms with Crippen LogP contribution in [-0.2, 0) is 7.05 Å². The zero-order valence-electron chi connectivity index (χ0n) is 19.6. The minimum absolute atomic E-state index is 0.230. The van der Waals surface area contributed by atoms with Gasteiger partial charge < -0.3 is 10.4 Å². The second-order valence-electron chi connectivity index (χ2n) is 8.26. The van der Waals surface area contributed by atoms with Crippen LogP contribution in [0.2, 0.25) is 0 Å². The van der Waals surface area contributed by atoms with E-state index in [1.54, 1.807) is 0 Å². The number of H-pyrrole nitrogens is 1. The van der Waals surface area contributed by atoms with Gasteiger partial charge in [-0.25, -0.2) is 15.4 Å². The molecule has 4 heterocycles. The van der Waals surface area contributed by atoms with Gasteiger partial charge in [-0.15, -0.1) is 0 Å². The lowest BCUT2D eigenvalue weighted by Gasteiger charge is -2.13. The highest BCUT2D eigenvalue weighted by molar-refractivity contribution is 5.93. The van der Waals surface area contributed by atoms with Crippen LogP contribution >= 0.6 is 0 Å². The second-order valence-corrected chi connectivity index (χ2v) is 8.26. The molecule has 0 fully saturated rings. The van der Waals surface area contributed by atoms with E-state index in [4.69, 9.17) is 9.98 Å². The molecule has 3 aromatic heterocycles. The molecule has 0 radical (unpaired) electrons. The normalized spacial score (nSPS) is 17.8. The lowest BCUT2D eigenvalue weighted by atomic mass is 10.0. The molecular formula is C26H28N8. The van der Waals surface area contributed by atoms with Crippen molar-refractivity contribution in [3.8, 4) is 22.4 Å². The second kappa shape index (κ2) is 9.44. The Hall–Kier alpha value is -4.04. The van der Waals surface area contributed by atoms with E-state index in [1.807, 2.05) is 43.1 Å². The number of aliphatic imine (C=N–C) groups is 1. The Kier molecular flexibility index (Phi) is 6.05. The average Bonchev–Trinajstić information content (AvgIpc) is 3.25. The van der Waals surface area contributed by atoms with Crippen LogP contribution in [0.4, 0.5) is 5.95 Å². The molecule has 8 heteroatoms. The van der Waals surface area contributed by atoms with Crippen LogP contribution in [0, 0.1) is 0 Å². The quantitative estimate of drug-likeness (QED) is 0.408. The first kappa shape index (κ1) is 21.8.